The van der Waals surface area contributed by atoms with Crippen molar-refractivity contribution in [3.63, 3.8) is 0 Å². The van der Waals surface area contributed by atoms with Crippen LogP contribution in [0, 0.1) is 6.92 Å². The van der Waals surface area contributed by atoms with E-state index < -0.39 is 0 Å². The molecule has 0 aliphatic rings. The van der Waals surface area contributed by atoms with Crippen LogP contribution in [-0.2, 0) is 0 Å². The Hall–Kier alpha value is -0.350. The molecule has 0 spiro atoms. The summed E-state index contributed by atoms with van der Waals surface area (Å²) in [7, 11) is 0. The SMILES string of the molecule is CCC(Br)CCNC(=O)c1cccc(C)c1Br. The van der Waals surface area contributed by atoms with Crippen molar-refractivity contribution in [2.45, 2.75) is 31.5 Å². The van der Waals surface area contributed by atoms with E-state index in [1.54, 1.807) is 0 Å². The van der Waals surface area contributed by atoms with E-state index >= 15 is 0 Å². The number of halogens is 2. The first kappa shape index (κ1) is 14.7. The topological polar surface area (TPSA) is 29.1 Å². The zero-order valence-electron chi connectivity index (χ0n) is 10.1. The van der Waals surface area contributed by atoms with Gasteiger partial charge in [-0.2, -0.15) is 0 Å². The summed E-state index contributed by atoms with van der Waals surface area (Å²) in [5.41, 5.74) is 1.78. The van der Waals surface area contributed by atoms with Gasteiger partial charge in [0.15, 0.2) is 0 Å². The van der Waals surface area contributed by atoms with Gasteiger partial charge in [-0.1, -0.05) is 35.0 Å². The number of hydrogen-bond donors (Lipinski definition) is 1. The van der Waals surface area contributed by atoms with Gasteiger partial charge in [0.2, 0.25) is 0 Å². The predicted octanol–water partition coefficient (Wildman–Crippen LogP) is 4.05. The van der Waals surface area contributed by atoms with Crippen LogP contribution in [-0.4, -0.2) is 17.3 Å². The summed E-state index contributed by atoms with van der Waals surface area (Å²) in [6, 6.07) is 5.71. The molecule has 1 amide bonds. The van der Waals surface area contributed by atoms with E-state index in [0.29, 0.717) is 16.9 Å². The smallest absolute Gasteiger partial charge is 0.252 e. The largest absolute Gasteiger partial charge is 0.352 e. The van der Waals surface area contributed by atoms with Gasteiger partial charge in [0.05, 0.1) is 5.56 Å². The Morgan fingerprint density at radius 3 is 2.82 bits per heavy atom. The van der Waals surface area contributed by atoms with E-state index in [0.717, 1.165) is 22.9 Å². The molecular formula is C13H17Br2NO. The molecule has 0 aliphatic carbocycles. The van der Waals surface area contributed by atoms with Crippen LogP contribution in [0.25, 0.3) is 0 Å². The minimum Gasteiger partial charge on any atom is -0.352 e. The van der Waals surface area contributed by atoms with Crippen molar-refractivity contribution in [3.05, 3.63) is 33.8 Å². The number of benzene rings is 1. The summed E-state index contributed by atoms with van der Waals surface area (Å²) in [5, 5.41) is 2.93. The Balaban J connectivity index is 2.56. The number of nitrogens with one attached hydrogen (secondary N) is 1. The van der Waals surface area contributed by atoms with Crippen molar-refractivity contribution in [2.75, 3.05) is 6.54 Å². The lowest BCUT2D eigenvalue weighted by Crippen LogP contribution is -2.26. The van der Waals surface area contributed by atoms with E-state index in [9.17, 15) is 4.79 Å². The quantitative estimate of drug-likeness (QED) is 0.786. The number of hydrogen-bond acceptors (Lipinski definition) is 1. The van der Waals surface area contributed by atoms with Crippen LogP contribution in [0.15, 0.2) is 22.7 Å². The molecule has 1 rings (SSSR count). The Kier molecular flexibility index (Phi) is 6.20. The molecule has 1 aromatic rings. The van der Waals surface area contributed by atoms with E-state index in [1.807, 2.05) is 25.1 Å². The molecule has 0 aliphatic heterocycles. The highest BCUT2D eigenvalue weighted by Gasteiger charge is 2.11. The first-order valence-electron chi connectivity index (χ1n) is 5.73. The summed E-state index contributed by atoms with van der Waals surface area (Å²) in [5.74, 6) is -0.0172. The minimum atomic E-state index is -0.0172. The number of rotatable bonds is 5. The predicted molar refractivity (Wildman–Crippen MR) is 78.8 cm³/mol. The first-order valence-corrected chi connectivity index (χ1v) is 7.44. The van der Waals surface area contributed by atoms with Crippen molar-refractivity contribution in [3.8, 4) is 0 Å². The Morgan fingerprint density at radius 2 is 2.18 bits per heavy atom. The van der Waals surface area contributed by atoms with Crippen molar-refractivity contribution >= 4 is 37.8 Å². The fourth-order valence-corrected chi connectivity index (χ4v) is 2.14. The van der Waals surface area contributed by atoms with Gasteiger partial charge in [0.1, 0.15) is 0 Å². The summed E-state index contributed by atoms with van der Waals surface area (Å²) in [6.07, 6.45) is 2.02. The molecule has 1 aromatic carbocycles. The lowest BCUT2D eigenvalue weighted by atomic mass is 10.1. The molecule has 2 nitrogen and oxygen atoms in total. The fraction of sp³-hybridized carbons (Fsp3) is 0.462. The van der Waals surface area contributed by atoms with Crippen LogP contribution in [0.2, 0.25) is 0 Å². The molecule has 0 bridgehead atoms. The fourth-order valence-electron chi connectivity index (χ4n) is 1.46. The number of amides is 1. The first-order chi connectivity index (χ1) is 8.06. The third-order valence-corrected chi connectivity index (χ3v) is 4.78. The Bertz CT molecular complexity index is 393. The van der Waals surface area contributed by atoms with E-state index in [1.165, 1.54) is 0 Å². The van der Waals surface area contributed by atoms with E-state index in [2.05, 4.69) is 44.1 Å². The molecule has 0 saturated heterocycles. The molecule has 0 saturated carbocycles. The van der Waals surface area contributed by atoms with Gasteiger partial charge in [-0.3, -0.25) is 4.79 Å². The van der Waals surface area contributed by atoms with Crippen LogP contribution < -0.4 is 5.32 Å². The second kappa shape index (κ2) is 7.17. The Morgan fingerprint density at radius 1 is 1.47 bits per heavy atom. The highest BCUT2D eigenvalue weighted by atomic mass is 79.9. The molecule has 4 heteroatoms. The second-order valence-corrected chi connectivity index (χ2v) is 6.07. The van der Waals surface area contributed by atoms with Gasteiger partial charge in [-0.25, -0.2) is 0 Å². The van der Waals surface area contributed by atoms with Crippen LogP contribution in [0.1, 0.15) is 35.7 Å². The summed E-state index contributed by atoms with van der Waals surface area (Å²) in [6.45, 7) is 4.80. The van der Waals surface area contributed by atoms with Gasteiger partial charge >= 0.3 is 0 Å². The third-order valence-electron chi connectivity index (χ3n) is 2.62. The number of carbonyl (C=O) groups is 1. The molecular weight excluding hydrogens is 346 g/mol. The van der Waals surface area contributed by atoms with Crippen LogP contribution in [0.3, 0.4) is 0 Å². The Labute approximate surface area is 119 Å². The normalized spacial score (nSPS) is 12.2. The molecule has 1 unspecified atom stereocenters. The van der Waals surface area contributed by atoms with Gasteiger partial charge in [0.25, 0.3) is 5.91 Å². The maximum absolute atomic E-state index is 11.9. The van der Waals surface area contributed by atoms with Gasteiger partial charge in [-0.15, -0.1) is 0 Å². The average molecular weight is 363 g/mol. The lowest BCUT2D eigenvalue weighted by Gasteiger charge is -2.10. The summed E-state index contributed by atoms with van der Waals surface area (Å²) < 4.78 is 0.878. The standard InChI is InChI=1S/C13H17Br2NO/c1-3-10(14)7-8-16-13(17)11-6-4-5-9(2)12(11)15/h4-6,10H,3,7-8H2,1-2H3,(H,16,17). The second-order valence-electron chi connectivity index (χ2n) is 3.99. The lowest BCUT2D eigenvalue weighted by molar-refractivity contribution is 0.0952. The van der Waals surface area contributed by atoms with E-state index in [-0.39, 0.29) is 5.91 Å². The highest BCUT2D eigenvalue weighted by molar-refractivity contribution is 9.10. The van der Waals surface area contributed by atoms with E-state index in [4.69, 9.17) is 0 Å². The van der Waals surface area contributed by atoms with Crippen LogP contribution in [0.5, 0.6) is 0 Å². The molecule has 0 aromatic heterocycles. The maximum atomic E-state index is 11.9. The van der Waals surface area contributed by atoms with Crippen molar-refractivity contribution < 1.29 is 4.79 Å². The molecule has 1 N–H and O–H groups in total. The van der Waals surface area contributed by atoms with Gasteiger partial charge < -0.3 is 5.32 Å². The molecule has 0 heterocycles. The van der Waals surface area contributed by atoms with Crippen molar-refractivity contribution in [2.24, 2.45) is 0 Å². The summed E-state index contributed by atoms with van der Waals surface area (Å²) in [4.78, 5) is 12.4. The molecule has 0 radical (unpaired) electrons. The zero-order chi connectivity index (χ0) is 12.8. The highest BCUT2D eigenvalue weighted by Crippen LogP contribution is 2.20. The van der Waals surface area contributed by atoms with Crippen LogP contribution >= 0.6 is 31.9 Å². The monoisotopic (exact) mass is 361 g/mol. The maximum Gasteiger partial charge on any atom is 0.252 e. The molecule has 0 fully saturated rings. The third kappa shape index (κ3) is 4.43. The van der Waals surface area contributed by atoms with Gasteiger partial charge in [0, 0.05) is 15.8 Å². The minimum absolute atomic E-state index is 0.0172. The van der Waals surface area contributed by atoms with Crippen molar-refractivity contribution in [1.29, 1.82) is 0 Å². The van der Waals surface area contributed by atoms with Crippen molar-refractivity contribution in [1.82, 2.24) is 5.32 Å². The molecule has 17 heavy (non-hydrogen) atoms. The number of carbonyl (C=O) groups excluding carboxylic acids is 1. The zero-order valence-corrected chi connectivity index (χ0v) is 13.3. The average Bonchev–Trinajstić information content (AvgIpc) is 2.32. The van der Waals surface area contributed by atoms with Crippen LogP contribution in [0.4, 0.5) is 0 Å². The summed E-state index contributed by atoms with van der Waals surface area (Å²) >= 11 is 6.99. The van der Waals surface area contributed by atoms with Gasteiger partial charge in [-0.05, 0) is 47.3 Å². The molecule has 94 valence electrons. The number of aryl methyl sites for hydroxylation is 1. The number of alkyl halides is 1. The molecule has 1 atom stereocenters.